The van der Waals surface area contributed by atoms with E-state index in [1.54, 1.807) is 0 Å². The van der Waals surface area contributed by atoms with Gasteiger partial charge in [0.15, 0.2) is 10.8 Å². The van der Waals surface area contributed by atoms with Gasteiger partial charge in [0.05, 0.1) is 0 Å². The normalized spacial score (nSPS) is 18.4. The van der Waals surface area contributed by atoms with Crippen molar-refractivity contribution in [3.63, 3.8) is 0 Å². The average molecular weight is 490 g/mol. The number of amides is 3. The van der Waals surface area contributed by atoms with Gasteiger partial charge in [-0.3, -0.25) is 14.1 Å². The standard InChI is InChI=1S/C12H14N6O10S2.Na.H/c13-11-15-4(3-29-11)7(17-28-2-6(19)20)9(21)16-8-5(1-27-12(14)23)18(10(8)22)30(24,25)26;;/h3,5,8H,1-2H2,(H2,13,15)(H2,14,23)(H,16,21)(H,19,20)(H,24,25,26);;/t5-,8+;;/m1../s1. The van der Waals surface area contributed by atoms with E-state index in [1.807, 2.05) is 0 Å². The summed E-state index contributed by atoms with van der Waals surface area (Å²) in [5.41, 5.74) is 9.58. The van der Waals surface area contributed by atoms with Crippen LogP contribution >= 0.6 is 11.3 Å². The number of carbonyl (C=O) groups excluding carboxylic acids is 3. The fraction of sp³-hybridized carbons (Fsp3) is 0.333. The molecule has 1 aliphatic rings. The van der Waals surface area contributed by atoms with Crippen LogP contribution in [0.2, 0.25) is 0 Å². The van der Waals surface area contributed by atoms with E-state index in [2.05, 4.69) is 25.0 Å². The number of oxime groups is 1. The van der Waals surface area contributed by atoms with Gasteiger partial charge in [-0.2, -0.15) is 8.42 Å². The predicted octanol–water partition coefficient (Wildman–Crippen LogP) is -3.52. The molecule has 0 aromatic carbocycles. The molecule has 1 aromatic rings. The number of hydrogen-bond acceptors (Lipinski definition) is 12. The van der Waals surface area contributed by atoms with E-state index >= 15 is 0 Å². The van der Waals surface area contributed by atoms with Gasteiger partial charge in [-0.05, 0) is 0 Å². The summed E-state index contributed by atoms with van der Waals surface area (Å²) >= 11 is 0.920. The van der Waals surface area contributed by atoms with Crippen LogP contribution in [0.1, 0.15) is 5.69 Å². The molecule has 2 heterocycles. The topological polar surface area (TPSA) is 254 Å². The van der Waals surface area contributed by atoms with Crippen LogP contribution in [0.4, 0.5) is 9.93 Å². The summed E-state index contributed by atoms with van der Waals surface area (Å²) in [5.74, 6) is -3.76. The number of nitrogens with two attached hydrogens (primary N) is 2. The van der Waals surface area contributed by atoms with Gasteiger partial charge in [0.25, 0.3) is 11.8 Å². The number of carboxylic acids is 1. The number of nitrogens with one attached hydrogen (secondary N) is 1. The number of carboxylic acid groups (broad SMARTS) is 1. The first-order valence-corrected chi connectivity index (χ1v) is 9.86. The van der Waals surface area contributed by atoms with Crippen molar-refractivity contribution in [1.29, 1.82) is 0 Å². The minimum atomic E-state index is -5.02. The van der Waals surface area contributed by atoms with E-state index in [9.17, 15) is 27.6 Å². The monoisotopic (exact) mass is 490 g/mol. The van der Waals surface area contributed by atoms with Crippen molar-refractivity contribution in [3.8, 4) is 0 Å². The third-order valence-electron chi connectivity index (χ3n) is 3.42. The van der Waals surface area contributed by atoms with Crippen molar-refractivity contribution in [2.75, 3.05) is 18.9 Å². The molecule has 16 nitrogen and oxygen atoms in total. The van der Waals surface area contributed by atoms with Gasteiger partial charge >= 0.3 is 51.9 Å². The van der Waals surface area contributed by atoms with Crippen molar-refractivity contribution < 1.29 is 46.8 Å². The molecule has 0 radical (unpaired) electrons. The number of β-lactam (4-membered cyclic amide) rings is 1. The van der Waals surface area contributed by atoms with E-state index < -0.39 is 65.2 Å². The van der Waals surface area contributed by atoms with Gasteiger partial charge < -0.3 is 31.5 Å². The second-order valence-corrected chi connectivity index (χ2v) is 7.62. The first-order chi connectivity index (χ1) is 13.9. The second kappa shape index (κ2) is 10.7. The number of anilines is 1. The number of carbonyl (C=O) groups is 4. The van der Waals surface area contributed by atoms with Gasteiger partial charge in [0, 0.05) is 5.38 Å². The first kappa shape index (κ1) is 26.5. The van der Waals surface area contributed by atoms with Crippen LogP contribution < -0.4 is 16.8 Å². The average Bonchev–Trinajstić information content (AvgIpc) is 3.04. The number of ether oxygens (including phenoxy) is 1. The maximum absolute atomic E-state index is 12.6. The molecule has 0 bridgehead atoms. The zero-order chi connectivity index (χ0) is 22.6. The molecule has 3 amide bonds. The second-order valence-electron chi connectivity index (χ2n) is 5.44. The van der Waals surface area contributed by atoms with E-state index in [4.69, 9.17) is 21.1 Å². The number of primary amides is 1. The van der Waals surface area contributed by atoms with Crippen LogP contribution in [0.15, 0.2) is 10.5 Å². The number of hydrogen-bond donors (Lipinski definition) is 5. The SMILES string of the molecule is NC(=O)OC[C@@H]1[C@H](NC(=O)C(=NOCC(=O)O)c2csc(N)n2)C(=O)N1S(=O)(=O)O.[NaH]. The fourth-order valence-electron chi connectivity index (χ4n) is 2.26. The third-order valence-corrected chi connectivity index (χ3v) is 5.05. The maximum atomic E-state index is 12.6. The van der Waals surface area contributed by atoms with Crippen molar-refractivity contribution >= 4 is 85.9 Å². The number of aromatic nitrogens is 1. The summed E-state index contributed by atoms with van der Waals surface area (Å²) < 4.78 is 36.2. The van der Waals surface area contributed by atoms with E-state index in [-0.39, 0.29) is 44.7 Å². The zero-order valence-corrected chi connectivity index (χ0v) is 16.3. The van der Waals surface area contributed by atoms with Crippen molar-refractivity contribution in [1.82, 2.24) is 14.6 Å². The third kappa shape index (κ3) is 6.74. The Labute approximate surface area is 199 Å². The van der Waals surface area contributed by atoms with Crippen LogP contribution in [0.3, 0.4) is 0 Å². The summed E-state index contributed by atoms with van der Waals surface area (Å²) in [6, 6.07) is -3.08. The van der Waals surface area contributed by atoms with Gasteiger partial charge in [-0.1, -0.05) is 5.16 Å². The number of nitrogen functional groups attached to an aromatic ring is 1. The Morgan fingerprint density at radius 2 is 2.03 bits per heavy atom. The molecule has 0 spiro atoms. The van der Waals surface area contributed by atoms with Crippen LogP contribution in [0.25, 0.3) is 0 Å². The molecule has 2 rings (SSSR count). The summed E-state index contributed by atoms with van der Waals surface area (Å²) in [4.78, 5) is 54.3. The van der Waals surface area contributed by atoms with Crippen molar-refractivity contribution in [2.45, 2.75) is 12.1 Å². The van der Waals surface area contributed by atoms with Gasteiger partial charge in [0.1, 0.15) is 24.4 Å². The van der Waals surface area contributed by atoms with Crippen molar-refractivity contribution in [2.24, 2.45) is 10.9 Å². The van der Waals surface area contributed by atoms with Crippen LogP contribution in [-0.4, -0.2) is 112 Å². The Morgan fingerprint density at radius 1 is 1.39 bits per heavy atom. The van der Waals surface area contributed by atoms with Gasteiger partial charge in [0.2, 0.25) is 6.61 Å². The molecule has 7 N–H and O–H groups in total. The van der Waals surface area contributed by atoms with Crippen LogP contribution in [0, 0.1) is 0 Å². The molecule has 1 fully saturated rings. The molecule has 19 heteroatoms. The quantitative estimate of drug-likeness (QED) is 0.0742. The van der Waals surface area contributed by atoms with E-state index in [1.165, 1.54) is 5.38 Å². The van der Waals surface area contributed by atoms with Crippen molar-refractivity contribution in [3.05, 3.63) is 11.1 Å². The zero-order valence-electron chi connectivity index (χ0n) is 14.6. The molecule has 2 atom stereocenters. The number of aliphatic carboxylic acids is 1. The summed E-state index contributed by atoms with van der Waals surface area (Å²) in [6.45, 7) is -1.66. The van der Waals surface area contributed by atoms with Gasteiger partial charge in [-0.25, -0.2) is 18.9 Å². The Bertz CT molecular complexity index is 1010. The Kier molecular flexibility index (Phi) is 9.14. The van der Waals surface area contributed by atoms with Crippen LogP contribution in [0.5, 0.6) is 0 Å². The van der Waals surface area contributed by atoms with Gasteiger partial charge in [-0.15, -0.1) is 11.3 Å². The molecular formula is C12H15N6NaO10S2. The summed E-state index contributed by atoms with van der Waals surface area (Å²) in [5, 5.41) is 15.4. The number of rotatable bonds is 9. The Morgan fingerprint density at radius 3 is 2.52 bits per heavy atom. The summed E-state index contributed by atoms with van der Waals surface area (Å²) in [6.07, 6.45) is -1.29. The summed E-state index contributed by atoms with van der Waals surface area (Å²) in [7, 11) is -5.02. The fourth-order valence-corrected chi connectivity index (χ4v) is 3.67. The number of nitrogens with zero attached hydrogens (tertiary/aromatic N) is 3. The molecule has 0 aliphatic carbocycles. The van der Waals surface area contributed by atoms with E-state index in [0.717, 1.165) is 11.3 Å². The van der Waals surface area contributed by atoms with E-state index in [0.29, 0.717) is 0 Å². The molecule has 31 heavy (non-hydrogen) atoms. The Balaban J connectivity index is 0.00000480. The molecular weight excluding hydrogens is 475 g/mol. The molecule has 166 valence electrons. The first-order valence-electron chi connectivity index (χ1n) is 7.58. The molecule has 1 saturated heterocycles. The minimum absolute atomic E-state index is 0. The predicted molar refractivity (Wildman–Crippen MR) is 103 cm³/mol. The number of thiazole rings is 1. The van der Waals surface area contributed by atoms with Crippen LogP contribution in [-0.2, 0) is 34.3 Å². The molecule has 0 saturated carbocycles. The molecule has 1 aromatic heterocycles. The molecule has 1 aliphatic heterocycles. The Hall–Kier alpha value is -2.51. The molecule has 0 unspecified atom stereocenters.